The van der Waals surface area contributed by atoms with Crippen molar-refractivity contribution in [3.05, 3.63) is 33.8 Å². The SMILES string of the molecule is CC(C)C(Br)C(=O)N(C)Cc1cccc(Cl)c1Cl. The summed E-state index contributed by atoms with van der Waals surface area (Å²) in [5.74, 6) is 0.288. The molecule has 0 bridgehead atoms. The third kappa shape index (κ3) is 3.87. The highest BCUT2D eigenvalue weighted by Gasteiger charge is 2.22. The van der Waals surface area contributed by atoms with Crippen molar-refractivity contribution < 1.29 is 4.79 Å². The van der Waals surface area contributed by atoms with Crippen molar-refractivity contribution >= 4 is 45.0 Å². The van der Waals surface area contributed by atoms with Crippen LogP contribution >= 0.6 is 39.1 Å². The van der Waals surface area contributed by atoms with Crippen molar-refractivity contribution in [3.63, 3.8) is 0 Å². The molecule has 1 amide bonds. The van der Waals surface area contributed by atoms with Gasteiger partial charge in [0.1, 0.15) is 0 Å². The molecule has 0 aromatic heterocycles. The third-order valence-corrected chi connectivity index (χ3v) is 4.94. The summed E-state index contributed by atoms with van der Waals surface area (Å²) in [4.78, 5) is 13.6. The molecule has 0 radical (unpaired) electrons. The zero-order chi connectivity index (χ0) is 13.9. The number of halogens is 3. The second-order valence-corrected chi connectivity index (χ2v) is 6.32. The number of hydrogen-bond donors (Lipinski definition) is 0. The van der Waals surface area contributed by atoms with Crippen LogP contribution in [0.25, 0.3) is 0 Å². The van der Waals surface area contributed by atoms with Crippen molar-refractivity contribution in [1.82, 2.24) is 4.90 Å². The van der Waals surface area contributed by atoms with Gasteiger partial charge in [-0.25, -0.2) is 0 Å². The first-order chi connectivity index (χ1) is 8.34. The van der Waals surface area contributed by atoms with Crippen LogP contribution < -0.4 is 0 Å². The van der Waals surface area contributed by atoms with Crippen LogP contribution in [0.3, 0.4) is 0 Å². The lowest BCUT2D eigenvalue weighted by Crippen LogP contribution is -2.35. The molecule has 1 aromatic carbocycles. The summed E-state index contributed by atoms with van der Waals surface area (Å²) in [6.07, 6.45) is 0. The Morgan fingerprint density at radius 3 is 2.56 bits per heavy atom. The van der Waals surface area contributed by atoms with E-state index in [1.54, 1.807) is 18.0 Å². The fourth-order valence-corrected chi connectivity index (χ4v) is 2.23. The number of nitrogens with zero attached hydrogens (tertiary/aromatic N) is 1. The van der Waals surface area contributed by atoms with Gasteiger partial charge >= 0.3 is 0 Å². The van der Waals surface area contributed by atoms with Crippen LogP contribution in [0.4, 0.5) is 0 Å². The van der Waals surface area contributed by atoms with Gasteiger partial charge in [-0.05, 0) is 17.5 Å². The Kier molecular flexibility index (Phi) is 5.96. The smallest absolute Gasteiger partial charge is 0.236 e. The van der Waals surface area contributed by atoms with Crippen molar-refractivity contribution in [2.45, 2.75) is 25.2 Å². The number of rotatable bonds is 4. The van der Waals surface area contributed by atoms with Crippen LogP contribution in [0, 0.1) is 5.92 Å². The Labute approximate surface area is 126 Å². The minimum Gasteiger partial charge on any atom is -0.340 e. The summed E-state index contributed by atoms with van der Waals surface area (Å²) in [5.41, 5.74) is 0.850. The molecule has 100 valence electrons. The van der Waals surface area contributed by atoms with Crippen molar-refractivity contribution in [3.8, 4) is 0 Å². The van der Waals surface area contributed by atoms with E-state index < -0.39 is 0 Å². The zero-order valence-electron chi connectivity index (χ0n) is 10.6. The van der Waals surface area contributed by atoms with E-state index in [-0.39, 0.29) is 16.7 Å². The molecule has 0 spiro atoms. The second-order valence-electron chi connectivity index (χ2n) is 4.55. The average molecular weight is 353 g/mol. The standard InChI is InChI=1S/C13H16BrCl2NO/c1-8(2)11(14)13(18)17(3)7-9-5-4-6-10(15)12(9)16/h4-6,8,11H,7H2,1-3H3. The van der Waals surface area contributed by atoms with Crippen LogP contribution in [0.15, 0.2) is 18.2 Å². The van der Waals surface area contributed by atoms with Gasteiger partial charge in [-0.15, -0.1) is 0 Å². The van der Waals surface area contributed by atoms with E-state index in [1.165, 1.54) is 0 Å². The minimum absolute atomic E-state index is 0.0426. The molecule has 0 fully saturated rings. The van der Waals surface area contributed by atoms with Crippen LogP contribution in [0.5, 0.6) is 0 Å². The largest absolute Gasteiger partial charge is 0.340 e. The van der Waals surface area contributed by atoms with Crippen LogP contribution in [-0.2, 0) is 11.3 Å². The predicted octanol–water partition coefficient (Wildman–Crippen LogP) is 4.37. The Morgan fingerprint density at radius 2 is 2.00 bits per heavy atom. The van der Waals surface area contributed by atoms with Crippen LogP contribution in [-0.4, -0.2) is 22.7 Å². The van der Waals surface area contributed by atoms with Crippen molar-refractivity contribution in [2.75, 3.05) is 7.05 Å². The topological polar surface area (TPSA) is 20.3 Å². The lowest BCUT2D eigenvalue weighted by Gasteiger charge is -2.23. The van der Waals surface area contributed by atoms with Gasteiger partial charge in [0.15, 0.2) is 0 Å². The Balaban J connectivity index is 2.79. The summed E-state index contributed by atoms with van der Waals surface area (Å²) < 4.78 is 0. The summed E-state index contributed by atoms with van der Waals surface area (Å²) >= 11 is 15.5. The van der Waals surface area contributed by atoms with E-state index in [9.17, 15) is 4.79 Å². The van der Waals surface area contributed by atoms with E-state index in [2.05, 4.69) is 15.9 Å². The molecule has 0 heterocycles. The van der Waals surface area contributed by atoms with Gasteiger partial charge in [-0.2, -0.15) is 0 Å². The number of benzene rings is 1. The molecule has 1 rings (SSSR count). The Hall–Kier alpha value is -0.250. The number of alkyl halides is 1. The molecule has 2 nitrogen and oxygen atoms in total. The molecule has 0 saturated heterocycles. The van der Waals surface area contributed by atoms with E-state index >= 15 is 0 Å². The first kappa shape index (κ1) is 15.8. The minimum atomic E-state index is -0.180. The van der Waals surface area contributed by atoms with Crippen LogP contribution in [0.1, 0.15) is 19.4 Å². The fraction of sp³-hybridized carbons (Fsp3) is 0.462. The number of carbonyl (C=O) groups excluding carboxylic acids is 1. The Bertz CT molecular complexity index is 437. The van der Waals surface area contributed by atoms with Gasteiger partial charge in [0.05, 0.1) is 14.9 Å². The van der Waals surface area contributed by atoms with Crippen LogP contribution in [0.2, 0.25) is 10.0 Å². The first-order valence-electron chi connectivity index (χ1n) is 5.66. The number of carbonyl (C=O) groups is 1. The zero-order valence-corrected chi connectivity index (χ0v) is 13.7. The lowest BCUT2D eigenvalue weighted by molar-refractivity contribution is -0.130. The molecule has 1 aromatic rings. The second kappa shape index (κ2) is 6.78. The quantitative estimate of drug-likeness (QED) is 0.736. The summed E-state index contributed by atoms with van der Waals surface area (Å²) in [6, 6.07) is 5.43. The molecular formula is C13H16BrCl2NO. The molecule has 1 atom stereocenters. The van der Waals surface area contributed by atoms with Gasteiger partial charge in [-0.3, -0.25) is 4.79 Å². The molecule has 18 heavy (non-hydrogen) atoms. The van der Waals surface area contributed by atoms with Gasteiger partial charge < -0.3 is 4.90 Å². The van der Waals surface area contributed by atoms with Gasteiger partial charge in [0.2, 0.25) is 5.91 Å². The highest BCUT2D eigenvalue weighted by atomic mass is 79.9. The van der Waals surface area contributed by atoms with Crippen molar-refractivity contribution in [2.24, 2.45) is 5.92 Å². The lowest BCUT2D eigenvalue weighted by atomic mass is 10.1. The van der Waals surface area contributed by atoms with E-state index in [1.807, 2.05) is 26.0 Å². The van der Waals surface area contributed by atoms with Gasteiger partial charge in [0.25, 0.3) is 0 Å². The monoisotopic (exact) mass is 351 g/mol. The normalized spacial score (nSPS) is 12.6. The molecule has 0 aliphatic carbocycles. The molecule has 0 N–H and O–H groups in total. The highest BCUT2D eigenvalue weighted by Crippen LogP contribution is 2.26. The predicted molar refractivity (Wildman–Crippen MR) is 80.5 cm³/mol. The third-order valence-electron chi connectivity index (χ3n) is 2.64. The average Bonchev–Trinajstić information content (AvgIpc) is 2.32. The molecule has 0 aliphatic rings. The van der Waals surface area contributed by atoms with Crippen molar-refractivity contribution in [1.29, 1.82) is 0 Å². The first-order valence-corrected chi connectivity index (χ1v) is 7.33. The maximum Gasteiger partial charge on any atom is 0.236 e. The molecule has 0 aliphatic heterocycles. The van der Waals surface area contributed by atoms with E-state index in [0.29, 0.717) is 16.6 Å². The molecule has 5 heteroatoms. The fourth-order valence-electron chi connectivity index (χ4n) is 1.50. The number of hydrogen-bond acceptors (Lipinski definition) is 1. The summed E-state index contributed by atoms with van der Waals surface area (Å²) in [7, 11) is 1.76. The van der Waals surface area contributed by atoms with Gasteiger partial charge in [0, 0.05) is 13.6 Å². The summed E-state index contributed by atoms with van der Waals surface area (Å²) in [5, 5.41) is 1.02. The highest BCUT2D eigenvalue weighted by molar-refractivity contribution is 9.10. The number of amides is 1. The molecule has 0 saturated carbocycles. The van der Waals surface area contributed by atoms with E-state index in [0.717, 1.165) is 5.56 Å². The Morgan fingerprint density at radius 1 is 1.39 bits per heavy atom. The maximum absolute atomic E-state index is 12.1. The van der Waals surface area contributed by atoms with Gasteiger partial charge in [-0.1, -0.05) is 65.1 Å². The maximum atomic E-state index is 12.1. The molecule has 1 unspecified atom stereocenters. The van der Waals surface area contributed by atoms with E-state index in [4.69, 9.17) is 23.2 Å². The molecular weight excluding hydrogens is 337 g/mol. The summed E-state index contributed by atoms with van der Waals surface area (Å²) in [6.45, 7) is 4.45.